The molecule has 1 fully saturated rings. The number of carbonyl (C=O) groups excluding carboxylic acids is 2. The number of piperidine rings is 1. The highest BCUT2D eigenvalue weighted by molar-refractivity contribution is 8.13. The molecule has 2 aliphatic heterocycles. The van der Waals surface area contributed by atoms with Crippen LogP contribution in [0.15, 0.2) is 53.0 Å². The van der Waals surface area contributed by atoms with Gasteiger partial charge in [0, 0.05) is 62.2 Å². The number of likely N-dealkylation sites (tertiary alicyclic amines) is 1. The van der Waals surface area contributed by atoms with E-state index < -0.39 is 20.1 Å². The first kappa shape index (κ1) is 26.5. The summed E-state index contributed by atoms with van der Waals surface area (Å²) in [6.45, 7) is 9.92. The van der Waals surface area contributed by atoms with Gasteiger partial charge in [-0.15, -0.1) is 0 Å². The predicted octanol–water partition coefficient (Wildman–Crippen LogP) is 4.53. The Morgan fingerprint density at radius 3 is 2.36 bits per heavy atom. The van der Waals surface area contributed by atoms with E-state index in [1.807, 2.05) is 48.8 Å². The van der Waals surface area contributed by atoms with E-state index in [1.165, 1.54) is 6.07 Å². The number of rotatable bonds is 5. The maximum Gasteiger partial charge on any atom is 0.261 e. The van der Waals surface area contributed by atoms with Crippen LogP contribution < -0.4 is 4.74 Å². The summed E-state index contributed by atoms with van der Waals surface area (Å²) >= 11 is 0. The van der Waals surface area contributed by atoms with Gasteiger partial charge in [-0.1, -0.05) is 18.2 Å². The van der Waals surface area contributed by atoms with Crippen molar-refractivity contribution < 1.29 is 22.7 Å². The van der Waals surface area contributed by atoms with Crippen LogP contribution in [0.5, 0.6) is 5.75 Å². The van der Waals surface area contributed by atoms with E-state index in [9.17, 15) is 18.0 Å². The Bertz CT molecular complexity index is 1270. The van der Waals surface area contributed by atoms with Crippen molar-refractivity contribution >= 4 is 37.1 Å². The predicted molar refractivity (Wildman–Crippen MR) is 140 cm³/mol. The smallest absolute Gasteiger partial charge is 0.261 e. The lowest BCUT2D eigenvalue weighted by molar-refractivity contribution is -0.138. The van der Waals surface area contributed by atoms with Crippen LogP contribution in [0, 0.1) is 5.41 Å². The zero-order chi connectivity index (χ0) is 26.3. The van der Waals surface area contributed by atoms with E-state index in [0.29, 0.717) is 56.8 Å². The number of benzene rings is 1. The van der Waals surface area contributed by atoms with E-state index in [0.717, 1.165) is 11.1 Å². The average molecular weight is 533 g/mol. The fraction of sp³-hybridized carbons (Fsp3) is 0.481. The quantitative estimate of drug-likeness (QED) is 0.520. The summed E-state index contributed by atoms with van der Waals surface area (Å²) in [5.74, 6) is 0.705. The van der Waals surface area contributed by atoms with Crippen molar-refractivity contribution in [2.45, 2.75) is 57.5 Å². The molecule has 1 aromatic carbocycles. The largest absolute Gasteiger partial charge is 0.482 e. The first-order valence-corrected chi connectivity index (χ1v) is 14.7. The lowest BCUT2D eigenvalue weighted by Crippen LogP contribution is -2.49. The van der Waals surface area contributed by atoms with Gasteiger partial charge in [-0.25, -0.2) is 8.42 Å². The number of amides is 2. The number of allylic oxidation sites excluding steroid dienone is 4. The van der Waals surface area contributed by atoms with Crippen molar-refractivity contribution in [2.24, 2.45) is 5.41 Å². The highest BCUT2D eigenvalue weighted by Crippen LogP contribution is 2.46. The van der Waals surface area contributed by atoms with Gasteiger partial charge in [-0.05, 0) is 62.6 Å². The Morgan fingerprint density at radius 1 is 1.17 bits per heavy atom. The molecule has 36 heavy (non-hydrogen) atoms. The summed E-state index contributed by atoms with van der Waals surface area (Å²) in [6.07, 6.45) is 9.78. The van der Waals surface area contributed by atoms with Gasteiger partial charge >= 0.3 is 0 Å². The topological polar surface area (TPSA) is 84.0 Å². The van der Waals surface area contributed by atoms with Gasteiger partial charge in [0.25, 0.3) is 9.05 Å². The third kappa shape index (κ3) is 4.98. The molecule has 1 saturated heterocycles. The van der Waals surface area contributed by atoms with Crippen LogP contribution in [-0.4, -0.2) is 61.8 Å². The van der Waals surface area contributed by atoms with Gasteiger partial charge in [0.2, 0.25) is 11.8 Å². The second-order valence-electron chi connectivity index (χ2n) is 9.92. The van der Waals surface area contributed by atoms with Crippen molar-refractivity contribution in [3.8, 4) is 5.75 Å². The Morgan fingerprint density at radius 2 is 1.83 bits per heavy atom. The molecule has 1 spiro atoms. The lowest BCUT2D eigenvalue weighted by Gasteiger charge is -2.43. The Balaban J connectivity index is 1.73. The summed E-state index contributed by atoms with van der Waals surface area (Å²) in [6, 6.07) is 4.65. The van der Waals surface area contributed by atoms with Gasteiger partial charge in [0.1, 0.15) is 11.4 Å². The van der Waals surface area contributed by atoms with Crippen molar-refractivity contribution in [2.75, 3.05) is 26.2 Å². The molecule has 2 amide bonds. The number of carbonyl (C=O) groups is 2. The number of hydrogen-bond donors (Lipinski definition) is 0. The highest BCUT2D eigenvalue weighted by Gasteiger charge is 2.41. The van der Waals surface area contributed by atoms with E-state index in [-0.39, 0.29) is 16.7 Å². The molecule has 9 heteroatoms. The summed E-state index contributed by atoms with van der Waals surface area (Å²) < 4.78 is 30.6. The molecular weight excluding hydrogens is 500 g/mol. The molecule has 0 radical (unpaired) electrons. The summed E-state index contributed by atoms with van der Waals surface area (Å²) in [7, 11) is 1.73. The molecule has 0 N–H and O–H groups in total. The minimum Gasteiger partial charge on any atom is -0.482 e. The number of fused-ring (bicyclic) bond motifs is 1. The van der Waals surface area contributed by atoms with Gasteiger partial charge < -0.3 is 14.5 Å². The standard InChI is InChI=1S/C27H33ClN2O5S/c1-5-29(6-2)25(32)26(4)11-9-20(10-12-26)23-18-27(13-15-30(16-14-27)19(3)31)35-24-8-7-21(17-22(23)24)36(28,33)34/h7-11,17-18H,5-6,12-16H2,1-4H3. The van der Waals surface area contributed by atoms with Crippen LogP contribution in [0.25, 0.3) is 5.57 Å². The molecule has 1 aliphatic carbocycles. The zero-order valence-electron chi connectivity index (χ0n) is 21.2. The van der Waals surface area contributed by atoms with Crippen LogP contribution in [0.4, 0.5) is 0 Å². The van der Waals surface area contributed by atoms with Crippen LogP contribution in [-0.2, 0) is 18.6 Å². The van der Waals surface area contributed by atoms with Gasteiger partial charge in [-0.2, -0.15) is 0 Å². The molecule has 1 unspecified atom stereocenters. The average Bonchev–Trinajstić information content (AvgIpc) is 2.84. The first-order valence-electron chi connectivity index (χ1n) is 12.4. The summed E-state index contributed by atoms with van der Waals surface area (Å²) in [4.78, 5) is 28.7. The monoisotopic (exact) mass is 532 g/mol. The van der Waals surface area contributed by atoms with E-state index in [1.54, 1.807) is 19.1 Å². The van der Waals surface area contributed by atoms with Crippen LogP contribution >= 0.6 is 10.7 Å². The Kier molecular flexibility index (Phi) is 7.14. The van der Waals surface area contributed by atoms with Crippen LogP contribution in [0.2, 0.25) is 0 Å². The molecule has 7 nitrogen and oxygen atoms in total. The fourth-order valence-corrected chi connectivity index (χ4v) is 5.97. The van der Waals surface area contributed by atoms with Crippen LogP contribution in [0.1, 0.15) is 52.5 Å². The lowest BCUT2D eigenvalue weighted by atomic mass is 9.76. The summed E-state index contributed by atoms with van der Waals surface area (Å²) in [5, 5.41) is 0. The zero-order valence-corrected chi connectivity index (χ0v) is 22.8. The SMILES string of the molecule is CCN(CC)C(=O)C1(C)C=CC(C2=CC3(CCN(C(C)=O)CC3)Oc3ccc(S(=O)(=O)Cl)cc32)=CC1. The number of hydrogen-bond acceptors (Lipinski definition) is 5. The summed E-state index contributed by atoms with van der Waals surface area (Å²) in [5.41, 5.74) is 1.15. The third-order valence-corrected chi connectivity index (χ3v) is 8.88. The van der Waals surface area contributed by atoms with Gasteiger partial charge in [-0.3, -0.25) is 9.59 Å². The number of ether oxygens (including phenoxy) is 1. The fourth-order valence-electron chi connectivity index (χ4n) is 5.20. The first-order chi connectivity index (χ1) is 16.9. The molecular formula is C27H33ClN2O5S. The molecule has 1 aromatic rings. The van der Waals surface area contributed by atoms with Gasteiger partial charge in [0.05, 0.1) is 10.3 Å². The molecule has 0 saturated carbocycles. The van der Waals surface area contributed by atoms with Crippen molar-refractivity contribution in [1.82, 2.24) is 9.80 Å². The van der Waals surface area contributed by atoms with Crippen molar-refractivity contribution in [3.63, 3.8) is 0 Å². The number of halogens is 1. The minimum absolute atomic E-state index is 0.00158. The minimum atomic E-state index is -3.93. The molecule has 1 atom stereocenters. The van der Waals surface area contributed by atoms with Gasteiger partial charge in [0.15, 0.2) is 0 Å². The van der Waals surface area contributed by atoms with E-state index >= 15 is 0 Å². The van der Waals surface area contributed by atoms with Crippen LogP contribution in [0.3, 0.4) is 0 Å². The van der Waals surface area contributed by atoms with Crippen molar-refractivity contribution in [1.29, 1.82) is 0 Å². The molecule has 4 rings (SSSR count). The second-order valence-corrected chi connectivity index (χ2v) is 12.5. The molecule has 0 aromatic heterocycles. The maximum absolute atomic E-state index is 13.1. The molecule has 2 heterocycles. The van der Waals surface area contributed by atoms with Crippen molar-refractivity contribution in [3.05, 3.63) is 53.6 Å². The Hall–Kier alpha value is -2.58. The Labute approximate surface area is 217 Å². The molecule has 0 bridgehead atoms. The number of nitrogens with zero attached hydrogens (tertiary/aromatic N) is 2. The van der Waals surface area contributed by atoms with E-state index in [4.69, 9.17) is 15.4 Å². The maximum atomic E-state index is 13.1. The van der Waals surface area contributed by atoms with E-state index in [2.05, 4.69) is 6.08 Å². The molecule has 3 aliphatic rings. The normalized spacial score (nSPS) is 22.9. The highest BCUT2D eigenvalue weighted by atomic mass is 35.7. The third-order valence-electron chi connectivity index (χ3n) is 7.53. The second kappa shape index (κ2) is 9.71. The molecule has 194 valence electrons.